The number of nitrogens with two attached hydrogens (primary N) is 1. The minimum Gasteiger partial charge on any atom is -0.457 e. The maximum atomic E-state index is 13.5. The number of nitrogens with zero attached hydrogens (tertiary/aromatic N) is 5. The molecule has 1 aliphatic rings. The molecular weight excluding hydrogens is 589 g/mol. The van der Waals surface area contributed by atoms with Crippen LogP contribution >= 0.6 is 24.0 Å². The minimum atomic E-state index is -0.338. The monoisotopic (exact) mass is 615 g/mol. The van der Waals surface area contributed by atoms with Gasteiger partial charge in [-0.2, -0.15) is 10.4 Å². The Labute approximate surface area is 258 Å². The fourth-order valence-corrected chi connectivity index (χ4v) is 5.19. The van der Waals surface area contributed by atoms with Crippen LogP contribution in [0.3, 0.4) is 0 Å². The number of hydrogen-bond donors (Lipinski definition) is 2. The lowest BCUT2D eigenvalue weighted by atomic mass is 10.1. The van der Waals surface area contributed by atoms with Gasteiger partial charge in [-0.3, -0.25) is 9.59 Å². The smallest absolute Gasteiger partial charge is 0.253 e. The number of amides is 1. The summed E-state index contributed by atoms with van der Waals surface area (Å²) >= 11 is 6.55. The predicted octanol–water partition coefficient (Wildman–Crippen LogP) is 5.29. The molecule has 5 aromatic rings. The van der Waals surface area contributed by atoms with Crippen molar-refractivity contribution in [3.05, 3.63) is 100 Å². The maximum absolute atomic E-state index is 13.5. The van der Waals surface area contributed by atoms with Crippen LogP contribution in [0.1, 0.15) is 32.0 Å². The Morgan fingerprint density at radius 1 is 1.02 bits per heavy atom. The number of likely N-dealkylation sites (N-methyl/N-ethyl adjacent to an activating group) is 1. The number of nitrogen functional groups attached to an aromatic ring is 1. The topological polar surface area (TPSA) is 133 Å². The fraction of sp³-hybridized carbons (Fsp3) is 0.161. The van der Waals surface area contributed by atoms with Gasteiger partial charge in [-0.05, 0) is 61.6 Å². The van der Waals surface area contributed by atoms with E-state index in [4.69, 9.17) is 27.3 Å². The van der Waals surface area contributed by atoms with E-state index in [1.54, 1.807) is 60.7 Å². The Hall–Kier alpha value is -4.82. The molecule has 0 spiro atoms. The number of carbonyl (C=O) groups excluding carboxylic acids is 2. The molecule has 0 atom stereocenters. The number of carbonyl (C=O) groups is 2. The van der Waals surface area contributed by atoms with Gasteiger partial charge >= 0.3 is 0 Å². The minimum absolute atomic E-state index is 0. The molecule has 2 aromatic heterocycles. The molecule has 43 heavy (non-hydrogen) atoms. The van der Waals surface area contributed by atoms with Gasteiger partial charge in [0.15, 0.2) is 0 Å². The Kier molecular flexibility index (Phi) is 8.41. The average Bonchev–Trinajstić information content (AvgIpc) is 3.60. The summed E-state index contributed by atoms with van der Waals surface area (Å²) in [4.78, 5) is 33.7. The molecule has 0 radical (unpaired) electrons. The molecule has 1 aliphatic heterocycles. The molecule has 6 rings (SSSR count). The molecule has 12 heteroatoms. The molecule has 1 fully saturated rings. The first kappa shape index (κ1) is 29.7. The summed E-state index contributed by atoms with van der Waals surface area (Å²) in [6, 6.07) is 20.9. The number of hydrogen-bond acceptors (Lipinski definition) is 7. The van der Waals surface area contributed by atoms with Crippen molar-refractivity contribution in [3.63, 3.8) is 0 Å². The number of benzene rings is 3. The zero-order valence-electron chi connectivity index (χ0n) is 23.1. The first-order valence-corrected chi connectivity index (χ1v) is 13.7. The molecule has 0 saturated carbocycles. The molecule has 0 aliphatic carbocycles. The lowest BCUT2D eigenvalue weighted by Gasteiger charge is -2.32. The second-order valence-electron chi connectivity index (χ2n) is 10.1. The van der Waals surface area contributed by atoms with Gasteiger partial charge in [0.1, 0.15) is 17.3 Å². The van der Waals surface area contributed by atoms with Crippen LogP contribution in [0.5, 0.6) is 11.5 Å². The number of ketones is 1. The second kappa shape index (κ2) is 12.2. The van der Waals surface area contributed by atoms with Gasteiger partial charge in [0.2, 0.25) is 5.78 Å². The third kappa shape index (κ3) is 5.92. The van der Waals surface area contributed by atoms with Crippen LogP contribution in [-0.2, 0) is 0 Å². The Morgan fingerprint density at radius 2 is 1.79 bits per heavy atom. The molecule has 10 nitrogen and oxygen atoms in total. The third-order valence-corrected chi connectivity index (χ3v) is 7.60. The number of aromatic nitrogens is 3. The van der Waals surface area contributed by atoms with Gasteiger partial charge in [0.25, 0.3) is 5.91 Å². The van der Waals surface area contributed by atoms with Gasteiger partial charge in [-0.25, -0.2) is 4.68 Å². The number of fused-ring (bicyclic) bond motifs is 1. The lowest BCUT2D eigenvalue weighted by molar-refractivity contribution is 0.0664. The van der Waals surface area contributed by atoms with E-state index in [2.05, 4.69) is 21.1 Å². The van der Waals surface area contributed by atoms with E-state index in [0.717, 1.165) is 24.0 Å². The number of anilines is 1. The van der Waals surface area contributed by atoms with Crippen LogP contribution < -0.4 is 10.5 Å². The molecule has 3 aromatic carbocycles. The average molecular weight is 617 g/mol. The van der Waals surface area contributed by atoms with E-state index < -0.39 is 0 Å². The summed E-state index contributed by atoms with van der Waals surface area (Å²) in [6.07, 6.45) is 1.40. The van der Waals surface area contributed by atoms with Crippen LogP contribution in [0.15, 0.2) is 72.9 Å². The van der Waals surface area contributed by atoms with Crippen molar-refractivity contribution < 1.29 is 14.3 Å². The molecular formula is C31H27Cl2N7O3. The zero-order valence-corrected chi connectivity index (χ0v) is 24.7. The molecule has 3 heterocycles. The van der Waals surface area contributed by atoms with Crippen molar-refractivity contribution >= 4 is 52.4 Å². The van der Waals surface area contributed by atoms with Crippen molar-refractivity contribution in [3.8, 4) is 23.3 Å². The summed E-state index contributed by atoms with van der Waals surface area (Å²) in [6.45, 7) is 3.05. The first-order valence-electron chi connectivity index (χ1n) is 13.3. The van der Waals surface area contributed by atoms with E-state index in [1.165, 1.54) is 10.9 Å². The van der Waals surface area contributed by atoms with Gasteiger partial charge in [0.05, 0.1) is 39.8 Å². The largest absolute Gasteiger partial charge is 0.457 e. The van der Waals surface area contributed by atoms with E-state index in [9.17, 15) is 9.59 Å². The van der Waals surface area contributed by atoms with Crippen LogP contribution in [0.4, 0.5) is 5.82 Å². The SMILES string of the molecule is CN1CCN(C(=O)c2ccc3[nH]c(C(=O)c4cnn(-c5ccc(Oc6cccc(C#N)c6)cc5Cl)c4N)cc3c2)CC1.Cl. The van der Waals surface area contributed by atoms with Crippen LogP contribution in [0.25, 0.3) is 16.6 Å². The number of H-pyrrole nitrogens is 1. The lowest BCUT2D eigenvalue weighted by Crippen LogP contribution is -2.47. The number of ether oxygens (including phenoxy) is 1. The fourth-order valence-electron chi connectivity index (χ4n) is 4.94. The summed E-state index contributed by atoms with van der Waals surface area (Å²) in [5.41, 5.74) is 9.18. The Balaban J connectivity index is 0.00000368. The number of aromatic amines is 1. The second-order valence-corrected chi connectivity index (χ2v) is 10.5. The highest BCUT2D eigenvalue weighted by Gasteiger charge is 2.23. The number of nitriles is 1. The normalized spacial score (nSPS) is 13.4. The molecule has 1 saturated heterocycles. The number of nitrogens with one attached hydrogen (secondary N) is 1. The molecule has 3 N–H and O–H groups in total. The van der Waals surface area contributed by atoms with Crippen molar-refractivity contribution in [1.82, 2.24) is 24.6 Å². The maximum Gasteiger partial charge on any atom is 0.253 e. The molecule has 1 amide bonds. The van der Waals surface area contributed by atoms with Crippen molar-refractivity contribution in [1.29, 1.82) is 5.26 Å². The zero-order chi connectivity index (χ0) is 29.4. The highest BCUT2D eigenvalue weighted by atomic mass is 35.5. The highest BCUT2D eigenvalue weighted by molar-refractivity contribution is 6.32. The van der Waals surface area contributed by atoms with Gasteiger partial charge < -0.3 is 25.3 Å². The standard InChI is InChI=1S/C31H26ClN7O3.ClH/c1-37-9-11-38(12-10-37)31(41)20-5-7-26-21(14-20)15-27(36-26)29(40)24-18-35-39(30(24)34)28-8-6-23(16-25(28)32)42-22-4-2-3-19(13-22)17-33;/h2-8,13-16,18,36H,9-12,34H2,1H3;1H. The van der Waals surface area contributed by atoms with E-state index in [-0.39, 0.29) is 35.5 Å². The van der Waals surface area contributed by atoms with Crippen molar-refractivity contribution in [2.45, 2.75) is 0 Å². The van der Waals surface area contributed by atoms with E-state index in [0.29, 0.717) is 52.1 Å². The Morgan fingerprint density at radius 3 is 2.53 bits per heavy atom. The Bertz CT molecular complexity index is 1880. The summed E-state index contributed by atoms with van der Waals surface area (Å²) < 4.78 is 7.23. The van der Waals surface area contributed by atoms with Crippen molar-refractivity contribution in [2.24, 2.45) is 0 Å². The van der Waals surface area contributed by atoms with Gasteiger partial charge in [-0.15, -0.1) is 12.4 Å². The number of rotatable bonds is 6. The van der Waals surface area contributed by atoms with E-state index in [1.807, 2.05) is 18.0 Å². The number of piperazine rings is 1. The summed E-state index contributed by atoms with van der Waals surface area (Å²) in [5.74, 6) is 0.730. The van der Waals surface area contributed by atoms with E-state index >= 15 is 0 Å². The van der Waals surface area contributed by atoms with Gasteiger partial charge in [0, 0.05) is 48.7 Å². The molecule has 0 bridgehead atoms. The third-order valence-electron chi connectivity index (χ3n) is 7.30. The molecule has 0 unspecified atom stereocenters. The van der Waals surface area contributed by atoms with Crippen LogP contribution in [-0.4, -0.2) is 69.5 Å². The summed E-state index contributed by atoms with van der Waals surface area (Å²) in [5, 5.41) is 14.5. The quantitative estimate of drug-likeness (QED) is 0.248. The van der Waals surface area contributed by atoms with Crippen LogP contribution in [0.2, 0.25) is 5.02 Å². The first-order chi connectivity index (χ1) is 20.3. The number of halogens is 2. The molecule has 218 valence electrons. The predicted molar refractivity (Wildman–Crippen MR) is 167 cm³/mol. The van der Waals surface area contributed by atoms with Crippen molar-refractivity contribution in [2.75, 3.05) is 39.0 Å². The van der Waals surface area contributed by atoms with Crippen LogP contribution in [0, 0.1) is 11.3 Å². The summed E-state index contributed by atoms with van der Waals surface area (Å²) in [7, 11) is 2.04. The van der Waals surface area contributed by atoms with Gasteiger partial charge in [-0.1, -0.05) is 17.7 Å². The highest BCUT2D eigenvalue weighted by Crippen LogP contribution is 2.31.